The second-order valence-electron chi connectivity index (χ2n) is 3.06. The van der Waals surface area contributed by atoms with Gasteiger partial charge in [0.2, 0.25) is 0 Å². The van der Waals surface area contributed by atoms with E-state index < -0.39 is 11.5 Å². The number of amides is 1. The first-order valence-corrected chi connectivity index (χ1v) is 6.01. The van der Waals surface area contributed by atoms with E-state index in [2.05, 4.69) is 33.1 Å². The summed E-state index contributed by atoms with van der Waals surface area (Å²) in [5, 5.41) is 0. The molecular formula is C10H13IN2O3. The smallest absolute Gasteiger partial charge is 0.280 e. The van der Waals surface area contributed by atoms with Crippen molar-refractivity contribution in [1.82, 2.24) is 10.5 Å². The van der Waals surface area contributed by atoms with Crippen LogP contribution in [0.2, 0.25) is 0 Å². The van der Waals surface area contributed by atoms with Crippen molar-refractivity contribution in [1.29, 1.82) is 0 Å². The number of nitrogens with one attached hydrogen (secondary N) is 2. The molecule has 0 saturated carbocycles. The molecule has 0 radical (unpaired) electrons. The Morgan fingerprint density at radius 3 is 2.81 bits per heavy atom. The minimum absolute atomic E-state index is 0.0649. The van der Waals surface area contributed by atoms with Crippen LogP contribution in [-0.2, 0) is 11.3 Å². The number of hydrogen-bond acceptors (Lipinski definition) is 3. The second kappa shape index (κ2) is 6.00. The van der Waals surface area contributed by atoms with E-state index in [0.717, 1.165) is 15.7 Å². The van der Waals surface area contributed by atoms with E-state index in [1.54, 1.807) is 13.0 Å². The summed E-state index contributed by atoms with van der Waals surface area (Å²) in [5.41, 5.74) is 2.69. The molecule has 1 aromatic rings. The number of pyridine rings is 1. The fourth-order valence-corrected chi connectivity index (χ4v) is 1.99. The van der Waals surface area contributed by atoms with Gasteiger partial charge in [-0.05, 0) is 42.0 Å². The summed E-state index contributed by atoms with van der Waals surface area (Å²) in [6.45, 7) is 4.04. The summed E-state index contributed by atoms with van der Waals surface area (Å²) in [6.07, 6.45) is 0.723. The molecule has 1 aromatic heterocycles. The summed E-state index contributed by atoms with van der Waals surface area (Å²) in [7, 11) is 0. The monoisotopic (exact) mass is 336 g/mol. The Labute approximate surface area is 107 Å². The van der Waals surface area contributed by atoms with E-state index in [-0.39, 0.29) is 5.56 Å². The third kappa shape index (κ3) is 3.05. The first kappa shape index (κ1) is 13.2. The molecule has 0 saturated heterocycles. The molecule has 0 aliphatic carbocycles. The van der Waals surface area contributed by atoms with Crippen molar-refractivity contribution in [2.24, 2.45) is 0 Å². The highest BCUT2D eigenvalue weighted by atomic mass is 127. The number of aryl methyl sites for hydroxylation is 1. The largest absolute Gasteiger partial charge is 0.324 e. The van der Waals surface area contributed by atoms with Crippen LogP contribution in [0.5, 0.6) is 0 Å². The Balaban J connectivity index is 3.02. The van der Waals surface area contributed by atoms with E-state index in [1.165, 1.54) is 0 Å². The molecule has 0 bridgehead atoms. The number of carbonyl (C=O) groups excluding carboxylic acids is 1. The molecule has 1 rings (SSSR count). The van der Waals surface area contributed by atoms with Gasteiger partial charge in [0.25, 0.3) is 11.5 Å². The SMILES string of the molecule is CCONC(=O)c1cc(I)c(CC)[nH]c1=O. The lowest BCUT2D eigenvalue weighted by Gasteiger charge is -2.05. The normalized spacial score (nSPS) is 10.2. The number of hydroxylamine groups is 1. The summed E-state index contributed by atoms with van der Waals surface area (Å²) in [5.74, 6) is -0.524. The Morgan fingerprint density at radius 1 is 1.56 bits per heavy atom. The molecule has 0 unspecified atom stereocenters. The summed E-state index contributed by atoms with van der Waals surface area (Å²) >= 11 is 2.08. The van der Waals surface area contributed by atoms with E-state index in [4.69, 9.17) is 4.84 Å². The van der Waals surface area contributed by atoms with Crippen LogP contribution in [0.15, 0.2) is 10.9 Å². The number of rotatable bonds is 4. The van der Waals surface area contributed by atoms with Crippen molar-refractivity contribution in [3.63, 3.8) is 0 Å². The van der Waals surface area contributed by atoms with Gasteiger partial charge in [0, 0.05) is 9.26 Å². The van der Waals surface area contributed by atoms with Gasteiger partial charge in [-0.15, -0.1) is 0 Å². The number of halogens is 1. The number of H-pyrrole nitrogens is 1. The van der Waals surface area contributed by atoms with Crippen molar-refractivity contribution >= 4 is 28.5 Å². The molecule has 1 amide bonds. The lowest BCUT2D eigenvalue weighted by molar-refractivity contribution is 0.0363. The van der Waals surface area contributed by atoms with Crippen LogP contribution in [0.3, 0.4) is 0 Å². The van der Waals surface area contributed by atoms with Gasteiger partial charge in [0.05, 0.1) is 6.61 Å². The average molecular weight is 336 g/mol. The predicted molar refractivity (Wildman–Crippen MR) is 68.2 cm³/mol. The van der Waals surface area contributed by atoms with Gasteiger partial charge in [-0.2, -0.15) is 0 Å². The summed E-state index contributed by atoms with van der Waals surface area (Å²) < 4.78 is 0.862. The van der Waals surface area contributed by atoms with Gasteiger partial charge < -0.3 is 4.98 Å². The molecule has 0 atom stereocenters. The first-order chi connectivity index (χ1) is 7.60. The van der Waals surface area contributed by atoms with Crippen molar-refractivity contribution in [2.45, 2.75) is 20.3 Å². The molecule has 2 N–H and O–H groups in total. The van der Waals surface area contributed by atoms with Crippen molar-refractivity contribution in [3.05, 3.63) is 31.2 Å². The highest BCUT2D eigenvalue weighted by Gasteiger charge is 2.12. The van der Waals surface area contributed by atoms with E-state index in [0.29, 0.717) is 6.61 Å². The van der Waals surface area contributed by atoms with Crippen molar-refractivity contribution in [3.8, 4) is 0 Å². The first-order valence-electron chi connectivity index (χ1n) is 4.94. The number of aromatic amines is 1. The van der Waals surface area contributed by atoms with Gasteiger partial charge >= 0.3 is 0 Å². The van der Waals surface area contributed by atoms with E-state index in [9.17, 15) is 9.59 Å². The van der Waals surface area contributed by atoms with Gasteiger partial charge in [0.15, 0.2) is 0 Å². The van der Waals surface area contributed by atoms with Crippen LogP contribution in [0.1, 0.15) is 29.9 Å². The molecule has 88 valence electrons. The van der Waals surface area contributed by atoms with Crippen molar-refractivity contribution < 1.29 is 9.63 Å². The molecule has 0 fully saturated rings. The zero-order valence-electron chi connectivity index (χ0n) is 9.09. The molecule has 5 nitrogen and oxygen atoms in total. The van der Waals surface area contributed by atoms with Crippen molar-refractivity contribution in [2.75, 3.05) is 6.61 Å². The lowest BCUT2D eigenvalue weighted by atomic mass is 10.2. The topological polar surface area (TPSA) is 71.2 Å². The molecule has 0 aromatic carbocycles. The molecule has 16 heavy (non-hydrogen) atoms. The van der Waals surface area contributed by atoms with Crippen LogP contribution >= 0.6 is 22.6 Å². The fraction of sp³-hybridized carbons (Fsp3) is 0.400. The van der Waals surface area contributed by atoms with Gasteiger partial charge in [-0.3, -0.25) is 14.4 Å². The third-order valence-corrected chi connectivity index (χ3v) is 2.94. The zero-order valence-corrected chi connectivity index (χ0v) is 11.3. The third-order valence-electron chi connectivity index (χ3n) is 1.98. The highest BCUT2D eigenvalue weighted by molar-refractivity contribution is 14.1. The maximum atomic E-state index is 11.6. The maximum Gasteiger partial charge on any atom is 0.280 e. The van der Waals surface area contributed by atoms with Crippen LogP contribution in [0.4, 0.5) is 0 Å². The van der Waals surface area contributed by atoms with Gasteiger partial charge in [-0.25, -0.2) is 5.48 Å². The molecule has 0 spiro atoms. The Morgan fingerprint density at radius 2 is 2.25 bits per heavy atom. The average Bonchev–Trinajstić information content (AvgIpc) is 2.28. The minimum atomic E-state index is -0.524. The number of hydrogen-bond donors (Lipinski definition) is 2. The molecular weight excluding hydrogens is 323 g/mol. The quantitative estimate of drug-likeness (QED) is 0.642. The molecule has 0 aliphatic rings. The standard InChI is InChI=1S/C10H13IN2O3/c1-3-8-7(11)5-6(9(14)12-8)10(15)13-16-4-2/h5H,3-4H2,1-2H3,(H,12,14)(H,13,15). The maximum absolute atomic E-state index is 11.6. The molecule has 0 aliphatic heterocycles. The molecule has 6 heteroatoms. The Hall–Kier alpha value is -0.890. The van der Waals surface area contributed by atoms with Crippen LogP contribution in [0.25, 0.3) is 0 Å². The van der Waals surface area contributed by atoms with Gasteiger partial charge in [-0.1, -0.05) is 6.92 Å². The fourth-order valence-electron chi connectivity index (χ4n) is 1.16. The van der Waals surface area contributed by atoms with Crippen LogP contribution < -0.4 is 11.0 Å². The zero-order chi connectivity index (χ0) is 12.1. The van der Waals surface area contributed by atoms with Crippen LogP contribution in [-0.4, -0.2) is 17.5 Å². The predicted octanol–water partition coefficient (Wildman–Crippen LogP) is 1.22. The molecule has 1 heterocycles. The Kier molecular flexibility index (Phi) is 4.94. The van der Waals surface area contributed by atoms with E-state index >= 15 is 0 Å². The second-order valence-corrected chi connectivity index (χ2v) is 4.22. The Bertz CT molecular complexity index is 442. The number of aromatic nitrogens is 1. The van der Waals surface area contributed by atoms with Crippen LogP contribution in [0, 0.1) is 3.57 Å². The lowest BCUT2D eigenvalue weighted by Crippen LogP contribution is -2.30. The van der Waals surface area contributed by atoms with E-state index in [1.807, 2.05) is 6.92 Å². The summed E-state index contributed by atoms with van der Waals surface area (Å²) in [6, 6.07) is 1.56. The highest BCUT2D eigenvalue weighted by Crippen LogP contribution is 2.09. The minimum Gasteiger partial charge on any atom is -0.324 e. The summed E-state index contributed by atoms with van der Waals surface area (Å²) in [4.78, 5) is 30.5. The van der Waals surface area contributed by atoms with Gasteiger partial charge in [0.1, 0.15) is 5.56 Å². The number of carbonyl (C=O) groups is 1.